The van der Waals surface area contributed by atoms with Crippen LogP contribution in [0.1, 0.15) is 58.8 Å². The van der Waals surface area contributed by atoms with Gasteiger partial charge in [0.2, 0.25) is 5.91 Å². The molecule has 2 N–H and O–H groups in total. The molecule has 1 aliphatic carbocycles. The molecule has 0 aromatic heterocycles. The van der Waals surface area contributed by atoms with Gasteiger partial charge in [0.15, 0.2) is 0 Å². The third-order valence-corrected chi connectivity index (χ3v) is 4.71. The van der Waals surface area contributed by atoms with E-state index in [4.69, 9.17) is 0 Å². The zero-order valence-corrected chi connectivity index (χ0v) is 11.9. The van der Waals surface area contributed by atoms with Crippen molar-refractivity contribution in [2.75, 3.05) is 13.1 Å². The van der Waals surface area contributed by atoms with E-state index >= 15 is 0 Å². The smallest absolute Gasteiger partial charge is 0.240 e. The predicted molar refractivity (Wildman–Crippen MR) is 74.4 cm³/mol. The van der Waals surface area contributed by atoms with E-state index < -0.39 is 0 Å². The third kappa shape index (κ3) is 3.05. The van der Waals surface area contributed by atoms with Crippen LogP contribution in [0.4, 0.5) is 0 Å². The molecule has 3 heteroatoms. The predicted octanol–water partition coefficient (Wildman–Crippen LogP) is 2.46. The molecule has 0 aromatic rings. The Morgan fingerprint density at radius 3 is 2.83 bits per heavy atom. The molecule has 3 nitrogen and oxygen atoms in total. The third-order valence-electron chi connectivity index (χ3n) is 4.71. The van der Waals surface area contributed by atoms with Crippen molar-refractivity contribution >= 4 is 5.91 Å². The van der Waals surface area contributed by atoms with Crippen LogP contribution in [0, 0.1) is 11.8 Å². The molecule has 1 heterocycles. The lowest BCUT2D eigenvalue weighted by atomic mass is 9.90. The summed E-state index contributed by atoms with van der Waals surface area (Å²) in [5.41, 5.74) is -0.251. The fraction of sp³-hybridized carbons (Fsp3) is 0.933. The van der Waals surface area contributed by atoms with E-state index in [2.05, 4.69) is 24.5 Å². The van der Waals surface area contributed by atoms with Crippen molar-refractivity contribution in [3.05, 3.63) is 0 Å². The van der Waals surface area contributed by atoms with Crippen LogP contribution in [0.3, 0.4) is 0 Å². The second kappa shape index (κ2) is 6.05. The number of carbonyl (C=O) groups excluding carboxylic acids is 1. The van der Waals surface area contributed by atoms with Crippen LogP contribution in [-0.2, 0) is 4.79 Å². The molecule has 1 saturated heterocycles. The van der Waals surface area contributed by atoms with Gasteiger partial charge in [-0.2, -0.15) is 0 Å². The number of hydrogen-bond donors (Lipinski definition) is 2. The first-order valence-corrected chi connectivity index (χ1v) is 7.69. The Hall–Kier alpha value is -0.570. The molecule has 2 rings (SSSR count). The van der Waals surface area contributed by atoms with Crippen LogP contribution in [0.5, 0.6) is 0 Å². The van der Waals surface area contributed by atoms with Gasteiger partial charge in [-0.3, -0.25) is 4.79 Å². The largest absolute Gasteiger partial charge is 0.354 e. The van der Waals surface area contributed by atoms with Gasteiger partial charge in [0.1, 0.15) is 0 Å². The molecule has 0 aromatic carbocycles. The van der Waals surface area contributed by atoms with Crippen molar-refractivity contribution in [3.63, 3.8) is 0 Å². The highest BCUT2D eigenvalue weighted by atomic mass is 16.2. The van der Waals surface area contributed by atoms with Crippen molar-refractivity contribution in [2.24, 2.45) is 11.8 Å². The van der Waals surface area contributed by atoms with E-state index in [1.165, 1.54) is 19.3 Å². The first-order chi connectivity index (χ1) is 8.66. The Morgan fingerprint density at radius 1 is 1.44 bits per heavy atom. The Balaban J connectivity index is 1.82. The van der Waals surface area contributed by atoms with Crippen molar-refractivity contribution in [1.82, 2.24) is 10.6 Å². The first kappa shape index (κ1) is 13.9. The molecule has 3 unspecified atom stereocenters. The van der Waals surface area contributed by atoms with Gasteiger partial charge in [-0.05, 0) is 50.5 Å². The maximum atomic E-state index is 12.4. The maximum Gasteiger partial charge on any atom is 0.240 e. The quantitative estimate of drug-likeness (QED) is 0.789. The van der Waals surface area contributed by atoms with E-state index in [1.54, 1.807) is 0 Å². The van der Waals surface area contributed by atoms with Crippen LogP contribution in [0.25, 0.3) is 0 Å². The van der Waals surface area contributed by atoms with Gasteiger partial charge >= 0.3 is 0 Å². The average Bonchev–Trinajstić information content (AvgIpc) is 2.97. The normalized spacial score (nSPS) is 35.9. The van der Waals surface area contributed by atoms with Crippen LogP contribution < -0.4 is 10.6 Å². The first-order valence-electron chi connectivity index (χ1n) is 7.69. The highest BCUT2D eigenvalue weighted by Crippen LogP contribution is 2.30. The molecule has 1 saturated carbocycles. The molecule has 0 radical (unpaired) electrons. The summed E-state index contributed by atoms with van der Waals surface area (Å²) in [6.45, 7) is 6.36. The molecule has 18 heavy (non-hydrogen) atoms. The number of nitrogens with one attached hydrogen (secondary N) is 2. The molecule has 1 aliphatic heterocycles. The van der Waals surface area contributed by atoms with Crippen molar-refractivity contribution in [2.45, 2.75) is 64.3 Å². The Labute approximate surface area is 111 Å². The summed E-state index contributed by atoms with van der Waals surface area (Å²) in [6.07, 6.45) is 8.09. The van der Waals surface area contributed by atoms with Crippen molar-refractivity contribution < 1.29 is 4.79 Å². The van der Waals surface area contributed by atoms with Crippen molar-refractivity contribution in [3.8, 4) is 0 Å². The number of amides is 1. The summed E-state index contributed by atoms with van der Waals surface area (Å²) >= 11 is 0. The Kier molecular flexibility index (Phi) is 4.66. The fourth-order valence-corrected chi connectivity index (χ4v) is 3.67. The Morgan fingerprint density at radius 2 is 2.28 bits per heavy atom. The monoisotopic (exact) mass is 252 g/mol. The minimum Gasteiger partial charge on any atom is -0.354 e. The Bertz CT molecular complexity index is 284. The topological polar surface area (TPSA) is 41.1 Å². The number of hydrogen-bond acceptors (Lipinski definition) is 2. The van der Waals surface area contributed by atoms with Crippen molar-refractivity contribution in [1.29, 1.82) is 0 Å². The van der Waals surface area contributed by atoms with E-state index in [0.717, 1.165) is 44.7 Å². The van der Waals surface area contributed by atoms with Gasteiger partial charge in [0.25, 0.3) is 0 Å². The summed E-state index contributed by atoms with van der Waals surface area (Å²) in [4.78, 5) is 12.4. The van der Waals surface area contributed by atoms with Gasteiger partial charge in [0.05, 0.1) is 5.54 Å². The lowest BCUT2D eigenvalue weighted by Crippen LogP contribution is -2.54. The number of rotatable bonds is 5. The summed E-state index contributed by atoms with van der Waals surface area (Å²) in [5.74, 6) is 1.81. The molecule has 3 atom stereocenters. The van der Waals surface area contributed by atoms with E-state index in [9.17, 15) is 4.79 Å². The van der Waals surface area contributed by atoms with Gasteiger partial charge in [0, 0.05) is 6.54 Å². The second-order valence-corrected chi connectivity index (χ2v) is 6.36. The van der Waals surface area contributed by atoms with Gasteiger partial charge < -0.3 is 10.6 Å². The summed E-state index contributed by atoms with van der Waals surface area (Å²) in [6, 6.07) is 0. The minimum atomic E-state index is -0.251. The minimum absolute atomic E-state index is 0.251. The van der Waals surface area contributed by atoms with E-state index in [0.29, 0.717) is 5.92 Å². The highest BCUT2D eigenvalue weighted by Gasteiger charge is 2.39. The molecular weight excluding hydrogens is 224 g/mol. The zero-order valence-electron chi connectivity index (χ0n) is 11.9. The summed E-state index contributed by atoms with van der Waals surface area (Å²) in [7, 11) is 0. The molecule has 0 bridgehead atoms. The van der Waals surface area contributed by atoms with E-state index in [-0.39, 0.29) is 11.4 Å². The SMILES string of the molecule is CCCC1(C(=O)NCC2CCC(C)C2)CCCN1. The zero-order chi connectivity index (χ0) is 13.0. The van der Waals surface area contributed by atoms with Crippen LogP contribution in [0.15, 0.2) is 0 Å². The highest BCUT2D eigenvalue weighted by molar-refractivity contribution is 5.86. The molecule has 104 valence electrons. The maximum absolute atomic E-state index is 12.4. The lowest BCUT2D eigenvalue weighted by molar-refractivity contribution is -0.127. The summed E-state index contributed by atoms with van der Waals surface area (Å²) < 4.78 is 0. The molecule has 1 amide bonds. The van der Waals surface area contributed by atoms with Crippen LogP contribution in [0.2, 0.25) is 0 Å². The summed E-state index contributed by atoms with van der Waals surface area (Å²) in [5, 5.41) is 6.65. The van der Waals surface area contributed by atoms with Crippen LogP contribution in [-0.4, -0.2) is 24.5 Å². The molecule has 2 fully saturated rings. The van der Waals surface area contributed by atoms with Crippen LogP contribution >= 0.6 is 0 Å². The fourth-order valence-electron chi connectivity index (χ4n) is 3.67. The number of carbonyl (C=O) groups is 1. The molecule has 0 spiro atoms. The van der Waals surface area contributed by atoms with Gasteiger partial charge in [-0.15, -0.1) is 0 Å². The molecular formula is C15H28N2O. The van der Waals surface area contributed by atoms with Gasteiger partial charge in [-0.25, -0.2) is 0 Å². The van der Waals surface area contributed by atoms with E-state index in [1.807, 2.05) is 0 Å². The average molecular weight is 252 g/mol. The standard InChI is InChI=1S/C15H28N2O/c1-3-7-15(8-4-9-17-15)14(18)16-11-13-6-5-12(2)10-13/h12-13,17H,3-11H2,1-2H3,(H,16,18). The molecule has 2 aliphatic rings. The van der Waals surface area contributed by atoms with Gasteiger partial charge in [-0.1, -0.05) is 26.7 Å². The lowest BCUT2D eigenvalue weighted by Gasteiger charge is -2.28. The second-order valence-electron chi connectivity index (χ2n) is 6.36.